The van der Waals surface area contributed by atoms with Crippen molar-refractivity contribution in [1.29, 1.82) is 0 Å². The zero-order valence-electron chi connectivity index (χ0n) is 9.93. The van der Waals surface area contributed by atoms with Gasteiger partial charge in [-0.2, -0.15) is 0 Å². The van der Waals surface area contributed by atoms with Gasteiger partial charge in [-0.1, -0.05) is 13.3 Å². The van der Waals surface area contributed by atoms with Gasteiger partial charge < -0.3 is 15.9 Å². The predicted molar refractivity (Wildman–Crippen MR) is 68.9 cm³/mol. The number of phenols is 1. The Hall–Kier alpha value is -1.26. The summed E-state index contributed by atoms with van der Waals surface area (Å²) in [4.78, 5) is 10.9. The Balaban J connectivity index is 0.00000256. The number of nitrogens with two attached hydrogens (primary N) is 1. The van der Waals surface area contributed by atoms with E-state index in [9.17, 15) is 9.90 Å². The van der Waals surface area contributed by atoms with E-state index in [1.165, 1.54) is 12.1 Å². The minimum Gasteiger partial charge on any atom is -0.507 e. The van der Waals surface area contributed by atoms with Crippen molar-refractivity contribution in [3.05, 3.63) is 28.8 Å². The summed E-state index contributed by atoms with van der Waals surface area (Å²) in [6, 6.07) is 2.58. The molecular weight excluding hydrogens is 242 g/mol. The lowest BCUT2D eigenvalue weighted by molar-refractivity contribution is 0.0696. The third-order valence-corrected chi connectivity index (χ3v) is 2.58. The monoisotopic (exact) mass is 259 g/mol. The van der Waals surface area contributed by atoms with Crippen LogP contribution in [0.4, 0.5) is 0 Å². The lowest BCUT2D eigenvalue weighted by Crippen LogP contribution is -2.12. The van der Waals surface area contributed by atoms with Crippen LogP contribution in [0.1, 0.15) is 47.3 Å². The Bertz CT molecular complexity index is 407. The second kappa shape index (κ2) is 6.47. The van der Waals surface area contributed by atoms with Crippen molar-refractivity contribution in [3.63, 3.8) is 0 Å². The molecule has 1 aromatic rings. The molecule has 1 aromatic carbocycles. The van der Waals surface area contributed by atoms with Crippen LogP contribution in [0.5, 0.6) is 5.75 Å². The quantitative estimate of drug-likeness (QED) is 0.776. The Labute approximate surface area is 107 Å². The summed E-state index contributed by atoms with van der Waals surface area (Å²) in [5.41, 5.74) is 7.11. The van der Waals surface area contributed by atoms with Crippen LogP contribution in [0.2, 0.25) is 0 Å². The second-order valence-corrected chi connectivity index (χ2v) is 3.93. The molecule has 0 spiro atoms. The molecule has 0 heterocycles. The summed E-state index contributed by atoms with van der Waals surface area (Å²) in [5, 5.41) is 18.7. The highest BCUT2D eigenvalue weighted by Crippen LogP contribution is 2.30. The van der Waals surface area contributed by atoms with Gasteiger partial charge in [-0.15, -0.1) is 12.4 Å². The van der Waals surface area contributed by atoms with Gasteiger partial charge in [0.2, 0.25) is 0 Å². The minimum atomic E-state index is -1.01. The molecule has 1 atom stereocenters. The van der Waals surface area contributed by atoms with E-state index >= 15 is 0 Å². The van der Waals surface area contributed by atoms with Crippen LogP contribution in [-0.4, -0.2) is 16.2 Å². The number of halogens is 1. The molecule has 0 unspecified atom stereocenters. The van der Waals surface area contributed by atoms with Crippen molar-refractivity contribution in [2.24, 2.45) is 5.73 Å². The number of carboxylic acids is 1. The molecule has 0 saturated heterocycles. The highest BCUT2D eigenvalue weighted by molar-refractivity contribution is 5.88. The van der Waals surface area contributed by atoms with Gasteiger partial charge in [-0.25, -0.2) is 4.79 Å². The Morgan fingerprint density at radius 3 is 2.53 bits per heavy atom. The number of aryl methyl sites for hydroxylation is 1. The number of aromatic hydroxyl groups is 1. The lowest BCUT2D eigenvalue weighted by Gasteiger charge is -2.15. The van der Waals surface area contributed by atoms with Gasteiger partial charge in [0.15, 0.2) is 0 Å². The van der Waals surface area contributed by atoms with Gasteiger partial charge >= 0.3 is 5.97 Å². The van der Waals surface area contributed by atoms with Crippen molar-refractivity contribution in [3.8, 4) is 5.75 Å². The average Bonchev–Trinajstić information content (AvgIpc) is 2.21. The average molecular weight is 260 g/mol. The molecule has 0 radical (unpaired) electrons. The topological polar surface area (TPSA) is 83.6 Å². The van der Waals surface area contributed by atoms with E-state index in [1.807, 2.05) is 6.92 Å². The standard InChI is InChI=1S/C12H17NO3.ClH/c1-3-4-10(13)9-6-8(12(15)16)5-7(2)11(9)14;/h5-6,10,14H,3-4,13H2,1-2H3,(H,15,16);1H/t10-;/m0./s1. The summed E-state index contributed by atoms with van der Waals surface area (Å²) in [6.45, 7) is 3.66. The van der Waals surface area contributed by atoms with Crippen molar-refractivity contribution in [2.75, 3.05) is 0 Å². The second-order valence-electron chi connectivity index (χ2n) is 3.93. The third-order valence-electron chi connectivity index (χ3n) is 2.58. The van der Waals surface area contributed by atoms with Crippen LogP contribution in [0.25, 0.3) is 0 Å². The summed E-state index contributed by atoms with van der Waals surface area (Å²) in [5.74, 6) is -0.904. The molecule has 0 bridgehead atoms. The highest BCUT2D eigenvalue weighted by atomic mass is 35.5. The van der Waals surface area contributed by atoms with Gasteiger partial charge in [-0.05, 0) is 31.0 Å². The number of phenolic OH excluding ortho intramolecular Hbond substituents is 1. The summed E-state index contributed by atoms with van der Waals surface area (Å²) >= 11 is 0. The molecule has 0 aliphatic carbocycles. The van der Waals surface area contributed by atoms with Crippen molar-refractivity contribution in [2.45, 2.75) is 32.7 Å². The van der Waals surface area contributed by atoms with E-state index in [-0.39, 0.29) is 29.8 Å². The summed E-state index contributed by atoms with van der Waals surface area (Å²) in [7, 11) is 0. The molecule has 5 heteroatoms. The summed E-state index contributed by atoms with van der Waals surface area (Å²) in [6.07, 6.45) is 1.60. The van der Waals surface area contributed by atoms with Gasteiger partial charge in [-0.3, -0.25) is 0 Å². The first kappa shape index (κ1) is 15.7. The van der Waals surface area contributed by atoms with Crippen LogP contribution in [0.3, 0.4) is 0 Å². The SMILES string of the molecule is CCC[C@H](N)c1cc(C(=O)O)cc(C)c1O.Cl. The van der Waals surface area contributed by atoms with E-state index in [2.05, 4.69) is 0 Å². The van der Waals surface area contributed by atoms with Gasteiger partial charge in [0, 0.05) is 11.6 Å². The molecule has 0 saturated carbocycles. The Morgan fingerprint density at radius 1 is 1.47 bits per heavy atom. The molecule has 4 nitrogen and oxygen atoms in total. The largest absolute Gasteiger partial charge is 0.507 e. The molecule has 0 aliphatic heterocycles. The maximum absolute atomic E-state index is 10.9. The molecule has 96 valence electrons. The van der Waals surface area contributed by atoms with Gasteiger partial charge in [0.1, 0.15) is 5.75 Å². The van der Waals surface area contributed by atoms with Crippen molar-refractivity contribution >= 4 is 18.4 Å². The molecule has 0 fully saturated rings. The van der Waals surface area contributed by atoms with Crippen molar-refractivity contribution in [1.82, 2.24) is 0 Å². The normalized spacial score (nSPS) is 11.7. The molecule has 0 amide bonds. The molecule has 0 aliphatic rings. The number of aromatic carboxylic acids is 1. The highest BCUT2D eigenvalue weighted by Gasteiger charge is 2.15. The fourth-order valence-corrected chi connectivity index (χ4v) is 1.68. The van der Waals surface area contributed by atoms with E-state index < -0.39 is 5.97 Å². The predicted octanol–water partition coefficient (Wildman–Crippen LogP) is 2.62. The van der Waals surface area contributed by atoms with E-state index in [0.717, 1.165) is 12.8 Å². The molecular formula is C12H18ClNO3. The maximum Gasteiger partial charge on any atom is 0.335 e. The van der Waals surface area contributed by atoms with Gasteiger partial charge in [0.25, 0.3) is 0 Å². The summed E-state index contributed by atoms with van der Waals surface area (Å²) < 4.78 is 0. The number of carboxylic acid groups (broad SMARTS) is 1. The van der Waals surface area contributed by atoms with E-state index in [4.69, 9.17) is 10.8 Å². The van der Waals surface area contributed by atoms with Crippen LogP contribution in [0.15, 0.2) is 12.1 Å². The van der Waals surface area contributed by atoms with E-state index in [1.54, 1.807) is 6.92 Å². The maximum atomic E-state index is 10.9. The fraction of sp³-hybridized carbons (Fsp3) is 0.417. The minimum absolute atomic E-state index is 0. The van der Waals surface area contributed by atoms with Gasteiger partial charge in [0.05, 0.1) is 5.56 Å². The molecule has 1 rings (SSSR count). The fourth-order valence-electron chi connectivity index (χ4n) is 1.68. The molecule has 4 N–H and O–H groups in total. The van der Waals surface area contributed by atoms with Crippen LogP contribution < -0.4 is 5.73 Å². The number of rotatable bonds is 4. The molecule has 17 heavy (non-hydrogen) atoms. The number of carbonyl (C=O) groups is 1. The lowest BCUT2D eigenvalue weighted by atomic mass is 9.97. The number of benzene rings is 1. The Kier molecular flexibility index (Phi) is 5.99. The first-order chi connectivity index (χ1) is 7.47. The number of hydrogen-bond acceptors (Lipinski definition) is 3. The third kappa shape index (κ3) is 3.61. The first-order valence-corrected chi connectivity index (χ1v) is 5.29. The molecule has 0 aromatic heterocycles. The number of hydrogen-bond donors (Lipinski definition) is 3. The zero-order valence-corrected chi connectivity index (χ0v) is 10.8. The first-order valence-electron chi connectivity index (χ1n) is 5.29. The Morgan fingerprint density at radius 2 is 2.06 bits per heavy atom. The van der Waals surface area contributed by atoms with Crippen molar-refractivity contribution < 1.29 is 15.0 Å². The van der Waals surface area contributed by atoms with E-state index in [0.29, 0.717) is 11.1 Å². The van der Waals surface area contributed by atoms with Crippen LogP contribution in [0, 0.1) is 6.92 Å². The smallest absolute Gasteiger partial charge is 0.335 e. The zero-order chi connectivity index (χ0) is 12.3. The van der Waals surface area contributed by atoms with Crippen LogP contribution in [-0.2, 0) is 0 Å². The van der Waals surface area contributed by atoms with Crippen LogP contribution >= 0.6 is 12.4 Å².